The fourth-order valence-corrected chi connectivity index (χ4v) is 2.30. The molecule has 0 aliphatic rings. The zero-order chi connectivity index (χ0) is 13.8. The van der Waals surface area contributed by atoms with Crippen molar-refractivity contribution in [1.29, 1.82) is 0 Å². The fraction of sp³-hybridized carbons (Fsp3) is 0.286. The Kier molecular flexibility index (Phi) is 4.16. The Morgan fingerprint density at radius 3 is 2.32 bits per heavy atom. The molecule has 5 heteroatoms. The number of H-pyrrole nitrogens is 1. The smallest absolute Gasteiger partial charge is 0.251 e. The zero-order valence-corrected chi connectivity index (χ0v) is 11.9. The quantitative estimate of drug-likeness (QED) is 0.872. The van der Waals surface area contributed by atoms with E-state index in [0.29, 0.717) is 4.77 Å². The minimum absolute atomic E-state index is 0.180. The van der Waals surface area contributed by atoms with Gasteiger partial charge in [0.15, 0.2) is 4.77 Å². The lowest BCUT2D eigenvalue weighted by Gasteiger charge is -2.21. The third-order valence-corrected chi connectivity index (χ3v) is 3.38. The van der Waals surface area contributed by atoms with E-state index in [1.165, 1.54) is 11.8 Å². The van der Waals surface area contributed by atoms with Crippen LogP contribution in [0.4, 0.5) is 5.69 Å². The third kappa shape index (κ3) is 2.93. The summed E-state index contributed by atoms with van der Waals surface area (Å²) in [5, 5.41) is 0. The van der Waals surface area contributed by atoms with Crippen LogP contribution in [-0.2, 0) is 0 Å². The molecule has 1 aromatic carbocycles. The van der Waals surface area contributed by atoms with Gasteiger partial charge in [-0.25, -0.2) is 0 Å². The number of aromatic nitrogens is 2. The van der Waals surface area contributed by atoms with Gasteiger partial charge in [0.1, 0.15) is 0 Å². The number of benzene rings is 1. The molecule has 100 valence electrons. The van der Waals surface area contributed by atoms with Gasteiger partial charge in [0.05, 0.1) is 0 Å². The molecular formula is C14H17N3OS. The van der Waals surface area contributed by atoms with Crippen molar-refractivity contribution in [2.75, 3.05) is 18.0 Å². The average molecular weight is 275 g/mol. The van der Waals surface area contributed by atoms with Gasteiger partial charge < -0.3 is 4.90 Å². The summed E-state index contributed by atoms with van der Waals surface area (Å²) in [5.41, 5.74) is 1.95. The molecule has 1 N–H and O–H groups in total. The normalized spacial score (nSPS) is 10.4. The van der Waals surface area contributed by atoms with Crippen molar-refractivity contribution >= 4 is 17.9 Å². The predicted molar refractivity (Wildman–Crippen MR) is 80.8 cm³/mol. The second kappa shape index (κ2) is 5.84. The second-order valence-corrected chi connectivity index (χ2v) is 4.56. The zero-order valence-electron chi connectivity index (χ0n) is 11.1. The highest BCUT2D eigenvalue weighted by molar-refractivity contribution is 7.71. The Morgan fingerprint density at radius 1 is 1.16 bits per heavy atom. The van der Waals surface area contributed by atoms with Gasteiger partial charge in [-0.15, -0.1) is 0 Å². The standard InChI is InChI=1S/C14H17N3OS/c1-3-16(4-2)11-5-7-12(8-6-11)17-10-9-13(18)15-14(17)19/h5-10H,3-4H2,1-2H3,(H,15,18,19). The maximum Gasteiger partial charge on any atom is 0.251 e. The molecule has 0 aliphatic heterocycles. The molecule has 1 heterocycles. The maximum atomic E-state index is 11.2. The highest BCUT2D eigenvalue weighted by Crippen LogP contribution is 2.17. The van der Waals surface area contributed by atoms with E-state index in [1.54, 1.807) is 10.8 Å². The molecule has 2 rings (SSSR count). The topological polar surface area (TPSA) is 41.0 Å². The van der Waals surface area contributed by atoms with Gasteiger partial charge in [0.25, 0.3) is 5.56 Å². The lowest BCUT2D eigenvalue weighted by molar-refractivity contribution is 0.864. The molecule has 0 atom stereocenters. The Hall–Kier alpha value is -1.88. The Labute approximate surface area is 117 Å². The first-order valence-corrected chi connectivity index (χ1v) is 6.74. The Morgan fingerprint density at radius 2 is 1.79 bits per heavy atom. The van der Waals surface area contributed by atoms with Crippen LogP contribution in [0.2, 0.25) is 0 Å². The third-order valence-electron chi connectivity index (χ3n) is 3.08. The SMILES string of the molecule is CCN(CC)c1ccc(-n2ccc(=O)[nH]c2=S)cc1. The predicted octanol–water partition coefficient (Wildman–Crippen LogP) is 2.74. The molecule has 4 nitrogen and oxygen atoms in total. The van der Waals surface area contributed by atoms with Crippen LogP contribution < -0.4 is 10.5 Å². The van der Waals surface area contributed by atoms with Crippen LogP contribution in [0, 0.1) is 4.77 Å². The van der Waals surface area contributed by atoms with Gasteiger partial charge in [-0.05, 0) is 50.3 Å². The van der Waals surface area contributed by atoms with Gasteiger partial charge in [0, 0.05) is 36.7 Å². The minimum Gasteiger partial charge on any atom is -0.372 e. The van der Waals surface area contributed by atoms with Crippen LogP contribution in [-0.4, -0.2) is 22.6 Å². The largest absolute Gasteiger partial charge is 0.372 e. The molecule has 2 aromatic rings. The van der Waals surface area contributed by atoms with E-state index in [-0.39, 0.29) is 5.56 Å². The van der Waals surface area contributed by atoms with Gasteiger partial charge in [-0.2, -0.15) is 0 Å². The molecule has 0 radical (unpaired) electrons. The first-order valence-electron chi connectivity index (χ1n) is 6.33. The minimum atomic E-state index is -0.180. The summed E-state index contributed by atoms with van der Waals surface area (Å²) in [4.78, 5) is 16.0. The van der Waals surface area contributed by atoms with E-state index < -0.39 is 0 Å². The maximum absolute atomic E-state index is 11.2. The fourth-order valence-electron chi connectivity index (χ4n) is 2.03. The number of aromatic amines is 1. The van der Waals surface area contributed by atoms with E-state index in [9.17, 15) is 4.79 Å². The summed E-state index contributed by atoms with van der Waals surface area (Å²) in [6.45, 7) is 6.23. The molecular weight excluding hydrogens is 258 g/mol. The van der Waals surface area contributed by atoms with Crippen molar-refractivity contribution in [3.05, 3.63) is 51.7 Å². The van der Waals surface area contributed by atoms with Gasteiger partial charge in [-0.3, -0.25) is 14.3 Å². The molecule has 0 unspecified atom stereocenters. The lowest BCUT2D eigenvalue weighted by Crippen LogP contribution is -2.21. The van der Waals surface area contributed by atoms with E-state index in [1.807, 2.05) is 12.1 Å². The highest BCUT2D eigenvalue weighted by Gasteiger charge is 2.02. The van der Waals surface area contributed by atoms with Crippen molar-refractivity contribution < 1.29 is 0 Å². The van der Waals surface area contributed by atoms with Crippen LogP contribution in [0.3, 0.4) is 0 Å². The summed E-state index contributed by atoms with van der Waals surface area (Å²) in [5.74, 6) is 0. The van der Waals surface area contributed by atoms with E-state index in [0.717, 1.165) is 18.8 Å². The van der Waals surface area contributed by atoms with Crippen molar-refractivity contribution in [3.8, 4) is 5.69 Å². The number of hydrogen-bond donors (Lipinski definition) is 1. The van der Waals surface area contributed by atoms with Gasteiger partial charge >= 0.3 is 0 Å². The molecule has 1 aromatic heterocycles. The number of nitrogens with zero attached hydrogens (tertiary/aromatic N) is 2. The number of nitrogens with one attached hydrogen (secondary N) is 1. The van der Waals surface area contributed by atoms with Gasteiger partial charge in [-0.1, -0.05) is 0 Å². The van der Waals surface area contributed by atoms with Crippen LogP contribution in [0.15, 0.2) is 41.3 Å². The second-order valence-electron chi connectivity index (χ2n) is 4.17. The summed E-state index contributed by atoms with van der Waals surface area (Å²) in [6, 6.07) is 9.60. The van der Waals surface area contributed by atoms with E-state index in [4.69, 9.17) is 12.2 Å². The molecule has 0 amide bonds. The van der Waals surface area contributed by atoms with Crippen molar-refractivity contribution in [1.82, 2.24) is 9.55 Å². The average Bonchev–Trinajstić information content (AvgIpc) is 2.41. The summed E-state index contributed by atoms with van der Waals surface area (Å²) in [7, 11) is 0. The summed E-state index contributed by atoms with van der Waals surface area (Å²) < 4.78 is 2.19. The molecule has 0 aliphatic carbocycles. The molecule has 0 bridgehead atoms. The Balaban J connectivity index is 2.37. The number of rotatable bonds is 4. The monoisotopic (exact) mass is 275 g/mol. The molecule has 0 fully saturated rings. The summed E-state index contributed by atoms with van der Waals surface area (Å²) in [6.07, 6.45) is 1.69. The number of anilines is 1. The molecule has 0 spiro atoms. The van der Waals surface area contributed by atoms with Crippen LogP contribution in [0.25, 0.3) is 5.69 Å². The van der Waals surface area contributed by atoms with Crippen molar-refractivity contribution in [2.45, 2.75) is 13.8 Å². The first kappa shape index (κ1) is 13.5. The van der Waals surface area contributed by atoms with Gasteiger partial charge in [0.2, 0.25) is 0 Å². The summed E-state index contributed by atoms with van der Waals surface area (Å²) >= 11 is 5.15. The highest BCUT2D eigenvalue weighted by atomic mass is 32.1. The van der Waals surface area contributed by atoms with Crippen LogP contribution in [0.5, 0.6) is 0 Å². The van der Waals surface area contributed by atoms with E-state index in [2.05, 4.69) is 35.9 Å². The van der Waals surface area contributed by atoms with Crippen LogP contribution in [0.1, 0.15) is 13.8 Å². The lowest BCUT2D eigenvalue weighted by atomic mass is 10.2. The molecule has 0 saturated heterocycles. The number of hydrogen-bond acceptors (Lipinski definition) is 3. The van der Waals surface area contributed by atoms with Crippen molar-refractivity contribution in [2.24, 2.45) is 0 Å². The Bertz CT molecular complexity index is 653. The molecule has 0 saturated carbocycles. The van der Waals surface area contributed by atoms with Crippen molar-refractivity contribution in [3.63, 3.8) is 0 Å². The molecule has 19 heavy (non-hydrogen) atoms. The first-order chi connectivity index (χ1) is 9.15. The van der Waals surface area contributed by atoms with Crippen LogP contribution >= 0.6 is 12.2 Å². The van der Waals surface area contributed by atoms with E-state index >= 15 is 0 Å².